The van der Waals surface area contributed by atoms with E-state index < -0.39 is 0 Å². The number of imidazole rings is 1. The lowest BCUT2D eigenvalue weighted by Gasteiger charge is -2.03. The van der Waals surface area contributed by atoms with Gasteiger partial charge in [-0.15, -0.1) is 0 Å². The van der Waals surface area contributed by atoms with Crippen molar-refractivity contribution in [3.05, 3.63) is 29.5 Å². The highest BCUT2D eigenvalue weighted by Gasteiger charge is 2.11. The smallest absolute Gasteiger partial charge is 0.240 e. The molecule has 0 fully saturated rings. The Labute approximate surface area is 96.1 Å². The maximum atomic E-state index is 9.73. The number of benzene rings is 1. The summed E-state index contributed by atoms with van der Waals surface area (Å²) in [6.45, 7) is 0. The van der Waals surface area contributed by atoms with E-state index in [1.807, 2.05) is 17.7 Å². The van der Waals surface area contributed by atoms with Gasteiger partial charge in [0.15, 0.2) is 5.52 Å². The molecule has 0 bridgehead atoms. The fourth-order valence-corrected chi connectivity index (χ4v) is 2.05. The summed E-state index contributed by atoms with van der Waals surface area (Å²) in [5.41, 5.74) is 2.04. The molecule has 5 heteroatoms. The first kappa shape index (κ1) is 9.42. The maximum Gasteiger partial charge on any atom is 0.240 e. The van der Waals surface area contributed by atoms with Crippen LogP contribution in [0, 0.1) is 0 Å². The average molecular weight is 234 g/mol. The van der Waals surface area contributed by atoms with Gasteiger partial charge in [-0.1, -0.05) is 11.6 Å². The van der Waals surface area contributed by atoms with Gasteiger partial charge < -0.3 is 9.67 Å². The van der Waals surface area contributed by atoms with Crippen LogP contribution in [0.4, 0.5) is 0 Å². The number of hydrogen-bond donors (Lipinski definition) is 1. The summed E-state index contributed by atoms with van der Waals surface area (Å²) in [7, 11) is 1.87. The molecule has 0 unspecified atom stereocenters. The van der Waals surface area contributed by atoms with Gasteiger partial charge in [-0.25, -0.2) is 9.97 Å². The third-order valence-corrected chi connectivity index (χ3v) is 2.82. The van der Waals surface area contributed by atoms with Gasteiger partial charge in [0, 0.05) is 17.5 Å². The second kappa shape index (κ2) is 3.09. The molecule has 0 amide bonds. The van der Waals surface area contributed by atoms with E-state index in [4.69, 9.17) is 11.6 Å². The van der Waals surface area contributed by atoms with Crippen LogP contribution in [-0.4, -0.2) is 19.6 Å². The summed E-state index contributed by atoms with van der Waals surface area (Å²) in [6.07, 6.45) is 1.65. The minimum absolute atomic E-state index is 0.0505. The van der Waals surface area contributed by atoms with E-state index in [0.717, 1.165) is 10.9 Å². The first-order valence-corrected chi connectivity index (χ1v) is 5.14. The van der Waals surface area contributed by atoms with Crippen LogP contribution in [0.5, 0.6) is 5.88 Å². The minimum Gasteiger partial charge on any atom is -0.492 e. The predicted octanol–water partition coefficient (Wildman–Crippen LogP) is 2.48. The van der Waals surface area contributed by atoms with Crippen LogP contribution >= 0.6 is 11.6 Å². The molecular weight excluding hydrogens is 226 g/mol. The average Bonchev–Trinajstić information content (AvgIpc) is 2.63. The van der Waals surface area contributed by atoms with Crippen LogP contribution in [0.1, 0.15) is 0 Å². The summed E-state index contributed by atoms with van der Waals surface area (Å²) in [5, 5.41) is 11.3. The standard InChI is InChI=1S/C11H8ClN3O/c1-15-5-13-9-10(15)7-4-6(12)2-3-8(7)14-11(9)16/h2-5H,1H3,(H,14,16). The van der Waals surface area contributed by atoms with Crippen molar-refractivity contribution < 1.29 is 5.11 Å². The van der Waals surface area contributed by atoms with Gasteiger partial charge in [-0.05, 0) is 18.2 Å². The molecule has 2 heterocycles. The lowest BCUT2D eigenvalue weighted by molar-refractivity contribution is 0.461. The van der Waals surface area contributed by atoms with Crippen LogP contribution in [-0.2, 0) is 7.05 Å². The van der Waals surface area contributed by atoms with E-state index in [-0.39, 0.29) is 5.88 Å². The molecule has 2 aromatic heterocycles. The molecule has 0 aliphatic carbocycles. The molecule has 4 nitrogen and oxygen atoms in total. The Balaban J connectivity index is 2.64. The Morgan fingerprint density at radius 2 is 2.19 bits per heavy atom. The largest absolute Gasteiger partial charge is 0.492 e. The molecule has 0 atom stereocenters. The number of aromatic nitrogens is 3. The Kier molecular flexibility index (Phi) is 1.82. The van der Waals surface area contributed by atoms with Crippen molar-refractivity contribution in [3.63, 3.8) is 0 Å². The lowest BCUT2D eigenvalue weighted by Crippen LogP contribution is -1.88. The number of halogens is 1. The Hall–Kier alpha value is -1.81. The number of fused-ring (bicyclic) bond motifs is 3. The molecule has 0 radical (unpaired) electrons. The Morgan fingerprint density at radius 1 is 1.38 bits per heavy atom. The number of nitrogens with zero attached hydrogens (tertiary/aromatic N) is 3. The number of aromatic hydroxyl groups is 1. The van der Waals surface area contributed by atoms with Crippen molar-refractivity contribution in [2.75, 3.05) is 0 Å². The molecule has 0 saturated carbocycles. The molecule has 80 valence electrons. The van der Waals surface area contributed by atoms with Crippen LogP contribution in [0.3, 0.4) is 0 Å². The van der Waals surface area contributed by atoms with Crippen molar-refractivity contribution in [2.45, 2.75) is 0 Å². The summed E-state index contributed by atoms with van der Waals surface area (Å²) < 4.78 is 1.84. The number of pyridine rings is 1. The van der Waals surface area contributed by atoms with Crippen molar-refractivity contribution in [1.29, 1.82) is 0 Å². The van der Waals surface area contributed by atoms with Crippen molar-refractivity contribution in [2.24, 2.45) is 7.05 Å². The minimum atomic E-state index is -0.0505. The summed E-state index contributed by atoms with van der Waals surface area (Å²) in [6, 6.07) is 5.36. The van der Waals surface area contributed by atoms with E-state index in [1.165, 1.54) is 0 Å². The monoisotopic (exact) mass is 233 g/mol. The fourth-order valence-electron chi connectivity index (χ4n) is 1.87. The SMILES string of the molecule is Cn1cnc2c(O)nc3ccc(Cl)cc3c21. The van der Waals surface area contributed by atoms with Gasteiger partial charge in [-0.2, -0.15) is 0 Å². The number of rotatable bonds is 0. The zero-order chi connectivity index (χ0) is 11.3. The summed E-state index contributed by atoms with van der Waals surface area (Å²) in [5.74, 6) is -0.0505. The normalized spacial score (nSPS) is 11.4. The summed E-state index contributed by atoms with van der Waals surface area (Å²) in [4.78, 5) is 8.18. The predicted molar refractivity (Wildman–Crippen MR) is 62.7 cm³/mol. The van der Waals surface area contributed by atoms with Gasteiger partial charge in [0.1, 0.15) is 0 Å². The quantitative estimate of drug-likeness (QED) is 0.649. The third kappa shape index (κ3) is 1.17. The highest BCUT2D eigenvalue weighted by atomic mass is 35.5. The number of aryl methyl sites for hydroxylation is 1. The first-order valence-electron chi connectivity index (χ1n) is 4.76. The van der Waals surface area contributed by atoms with Crippen molar-refractivity contribution >= 4 is 33.5 Å². The molecular formula is C11H8ClN3O. The third-order valence-electron chi connectivity index (χ3n) is 2.59. The topological polar surface area (TPSA) is 50.9 Å². The second-order valence-corrected chi connectivity index (χ2v) is 4.09. The molecule has 3 aromatic rings. The van der Waals surface area contributed by atoms with Gasteiger partial charge >= 0.3 is 0 Å². The van der Waals surface area contributed by atoms with Crippen LogP contribution in [0.25, 0.3) is 21.9 Å². The molecule has 3 rings (SSSR count). The highest BCUT2D eigenvalue weighted by Crippen LogP contribution is 2.30. The first-order chi connectivity index (χ1) is 7.66. The molecule has 0 saturated heterocycles. The van der Waals surface area contributed by atoms with Crippen LogP contribution < -0.4 is 0 Å². The van der Waals surface area contributed by atoms with Crippen LogP contribution in [0.15, 0.2) is 24.5 Å². The molecule has 0 spiro atoms. The molecule has 1 aromatic carbocycles. The van der Waals surface area contributed by atoms with E-state index in [1.54, 1.807) is 18.5 Å². The van der Waals surface area contributed by atoms with Gasteiger partial charge in [0.25, 0.3) is 0 Å². The summed E-state index contributed by atoms with van der Waals surface area (Å²) >= 11 is 5.96. The van der Waals surface area contributed by atoms with E-state index >= 15 is 0 Å². The fraction of sp³-hybridized carbons (Fsp3) is 0.0909. The van der Waals surface area contributed by atoms with E-state index in [0.29, 0.717) is 16.1 Å². The van der Waals surface area contributed by atoms with Gasteiger partial charge in [0.05, 0.1) is 17.4 Å². The number of hydrogen-bond acceptors (Lipinski definition) is 3. The molecule has 0 aliphatic heterocycles. The molecule has 16 heavy (non-hydrogen) atoms. The van der Waals surface area contributed by atoms with Crippen LogP contribution in [0.2, 0.25) is 5.02 Å². The van der Waals surface area contributed by atoms with Gasteiger partial charge in [0.2, 0.25) is 5.88 Å². The maximum absolute atomic E-state index is 9.73. The zero-order valence-corrected chi connectivity index (χ0v) is 9.23. The second-order valence-electron chi connectivity index (χ2n) is 3.65. The molecule has 0 aliphatic rings. The van der Waals surface area contributed by atoms with Gasteiger partial charge in [-0.3, -0.25) is 0 Å². The van der Waals surface area contributed by atoms with E-state index in [2.05, 4.69) is 9.97 Å². The highest BCUT2D eigenvalue weighted by molar-refractivity contribution is 6.31. The Bertz CT molecular complexity index is 705. The molecule has 1 N–H and O–H groups in total. The van der Waals surface area contributed by atoms with E-state index in [9.17, 15) is 5.11 Å². The Morgan fingerprint density at radius 3 is 3.00 bits per heavy atom. The lowest BCUT2D eigenvalue weighted by atomic mass is 10.2. The van der Waals surface area contributed by atoms with Crippen molar-refractivity contribution in [3.8, 4) is 5.88 Å². The zero-order valence-electron chi connectivity index (χ0n) is 8.48. The van der Waals surface area contributed by atoms with Crippen molar-refractivity contribution in [1.82, 2.24) is 14.5 Å².